The van der Waals surface area contributed by atoms with Crippen LogP contribution in [0, 0.1) is 13.8 Å². The number of ketones is 1. The first-order valence-corrected chi connectivity index (χ1v) is 6.94. The highest BCUT2D eigenvalue weighted by Gasteiger charge is 2.13. The maximum atomic E-state index is 12.6. The smallest absolute Gasteiger partial charge is 0.169 e. The highest BCUT2D eigenvalue weighted by molar-refractivity contribution is 6.06. The molecule has 21 heavy (non-hydrogen) atoms. The minimum absolute atomic E-state index is 0.0785. The second-order valence-corrected chi connectivity index (χ2v) is 5.26. The predicted octanol–water partition coefficient (Wildman–Crippen LogP) is 3.67. The van der Waals surface area contributed by atoms with E-state index in [9.17, 15) is 4.79 Å². The van der Waals surface area contributed by atoms with Gasteiger partial charge in [0.2, 0.25) is 0 Å². The molecule has 0 radical (unpaired) electrons. The van der Waals surface area contributed by atoms with Crippen LogP contribution < -0.4 is 0 Å². The first kappa shape index (κ1) is 13.4. The van der Waals surface area contributed by atoms with E-state index >= 15 is 0 Å². The van der Waals surface area contributed by atoms with Crippen molar-refractivity contribution in [3.05, 3.63) is 71.0 Å². The zero-order valence-corrected chi connectivity index (χ0v) is 12.1. The number of hydrogen-bond donors (Lipinski definition) is 0. The van der Waals surface area contributed by atoms with Crippen molar-refractivity contribution < 1.29 is 4.79 Å². The van der Waals surface area contributed by atoms with Crippen LogP contribution in [-0.2, 0) is 6.42 Å². The molecule has 0 bridgehead atoms. The molecule has 0 saturated heterocycles. The van der Waals surface area contributed by atoms with Gasteiger partial charge in [-0.2, -0.15) is 0 Å². The van der Waals surface area contributed by atoms with Gasteiger partial charge in [0.05, 0.1) is 11.0 Å². The van der Waals surface area contributed by atoms with Gasteiger partial charge in [0.1, 0.15) is 0 Å². The minimum atomic E-state index is 0.0785. The highest BCUT2D eigenvalue weighted by Crippen LogP contribution is 2.18. The molecule has 0 aliphatic heterocycles. The molecule has 0 spiro atoms. The molecule has 0 N–H and O–H groups in total. The fourth-order valence-corrected chi connectivity index (χ4v) is 2.48. The molecule has 104 valence electrons. The molecule has 2 aromatic carbocycles. The lowest BCUT2D eigenvalue weighted by molar-refractivity contribution is 0.0994. The van der Waals surface area contributed by atoms with E-state index in [1.54, 1.807) is 12.4 Å². The summed E-state index contributed by atoms with van der Waals surface area (Å²) in [7, 11) is 0. The summed E-state index contributed by atoms with van der Waals surface area (Å²) >= 11 is 0. The molecule has 3 nitrogen and oxygen atoms in total. The average Bonchev–Trinajstić information content (AvgIpc) is 2.50. The van der Waals surface area contributed by atoms with Crippen LogP contribution in [0.4, 0.5) is 0 Å². The minimum Gasteiger partial charge on any atom is -0.294 e. The molecule has 0 unspecified atom stereocenters. The average molecular weight is 276 g/mol. The van der Waals surface area contributed by atoms with Crippen molar-refractivity contribution in [3.63, 3.8) is 0 Å². The van der Waals surface area contributed by atoms with Crippen molar-refractivity contribution in [2.75, 3.05) is 0 Å². The van der Waals surface area contributed by atoms with Crippen LogP contribution in [0.2, 0.25) is 0 Å². The molecule has 3 aromatic rings. The van der Waals surface area contributed by atoms with Crippen LogP contribution in [0.3, 0.4) is 0 Å². The van der Waals surface area contributed by atoms with Crippen LogP contribution in [0.15, 0.2) is 48.8 Å². The summed E-state index contributed by atoms with van der Waals surface area (Å²) in [6.45, 7) is 4.07. The molecule has 3 rings (SSSR count). The van der Waals surface area contributed by atoms with E-state index in [2.05, 4.69) is 28.2 Å². The van der Waals surface area contributed by atoms with Gasteiger partial charge < -0.3 is 0 Å². The van der Waals surface area contributed by atoms with Crippen LogP contribution in [0.25, 0.3) is 11.0 Å². The van der Waals surface area contributed by atoms with E-state index in [0.717, 1.165) is 16.6 Å². The molecule has 0 aliphatic carbocycles. The summed E-state index contributed by atoms with van der Waals surface area (Å²) in [6, 6.07) is 11.7. The lowest BCUT2D eigenvalue weighted by Gasteiger charge is -2.08. The van der Waals surface area contributed by atoms with Gasteiger partial charge in [-0.3, -0.25) is 14.8 Å². The SMILES string of the molecule is Cc1ccc(C)c(CC(=O)c2cccc3nccnc23)c1. The zero-order chi connectivity index (χ0) is 14.8. The number of carbonyl (C=O) groups excluding carboxylic acids is 1. The van der Waals surface area contributed by atoms with Crippen molar-refractivity contribution in [3.8, 4) is 0 Å². The topological polar surface area (TPSA) is 42.9 Å². The number of Topliss-reactive ketones (excluding diaryl/α,β-unsaturated/α-hetero) is 1. The fourth-order valence-electron chi connectivity index (χ4n) is 2.48. The number of carbonyl (C=O) groups is 1. The van der Waals surface area contributed by atoms with Gasteiger partial charge >= 0.3 is 0 Å². The molecule has 0 atom stereocenters. The second-order valence-electron chi connectivity index (χ2n) is 5.26. The number of hydrogen-bond acceptors (Lipinski definition) is 3. The fraction of sp³-hybridized carbons (Fsp3) is 0.167. The summed E-state index contributed by atoms with van der Waals surface area (Å²) in [6.07, 6.45) is 3.65. The Morgan fingerprint density at radius 1 is 1.05 bits per heavy atom. The van der Waals surface area contributed by atoms with Gasteiger partial charge in [-0.15, -0.1) is 0 Å². The molecular weight excluding hydrogens is 260 g/mol. The quantitative estimate of drug-likeness (QED) is 0.685. The van der Waals surface area contributed by atoms with Crippen molar-refractivity contribution in [1.29, 1.82) is 0 Å². The van der Waals surface area contributed by atoms with Crippen molar-refractivity contribution in [2.45, 2.75) is 20.3 Å². The number of para-hydroxylation sites is 1. The Kier molecular flexibility index (Phi) is 3.48. The third-order valence-electron chi connectivity index (χ3n) is 3.65. The Morgan fingerprint density at radius 3 is 2.71 bits per heavy atom. The van der Waals surface area contributed by atoms with Crippen LogP contribution in [-0.4, -0.2) is 15.8 Å². The van der Waals surface area contributed by atoms with Crippen molar-refractivity contribution >= 4 is 16.8 Å². The maximum Gasteiger partial charge on any atom is 0.169 e. The molecular formula is C18H16N2O. The summed E-state index contributed by atoms with van der Waals surface area (Å²) in [4.78, 5) is 21.2. The normalized spacial score (nSPS) is 10.8. The van der Waals surface area contributed by atoms with Gasteiger partial charge in [0, 0.05) is 24.4 Å². The number of benzene rings is 2. The largest absolute Gasteiger partial charge is 0.294 e. The lowest BCUT2D eigenvalue weighted by Crippen LogP contribution is -2.06. The summed E-state index contributed by atoms with van der Waals surface area (Å²) in [5.74, 6) is 0.0785. The van der Waals surface area contributed by atoms with Gasteiger partial charge in [0.15, 0.2) is 5.78 Å². The van der Waals surface area contributed by atoms with Gasteiger partial charge in [-0.05, 0) is 37.1 Å². The van der Waals surface area contributed by atoms with E-state index in [1.807, 2.05) is 32.0 Å². The number of rotatable bonds is 3. The van der Waals surface area contributed by atoms with Crippen LogP contribution in [0.5, 0.6) is 0 Å². The molecule has 0 saturated carbocycles. The van der Waals surface area contributed by atoms with E-state index in [4.69, 9.17) is 0 Å². The van der Waals surface area contributed by atoms with E-state index < -0.39 is 0 Å². The molecule has 1 aromatic heterocycles. The molecule has 0 fully saturated rings. The lowest BCUT2D eigenvalue weighted by atomic mass is 9.97. The van der Waals surface area contributed by atoms with Crippen LogP contribution in [0.1, 0.15) is 27.0 Å². The third-order valence-corrected chi connectivity index (χ3v) is 3.65. The number of aromatic nitrogens is 2. The molecule has 0 aliphatic rings. The summed E-state index contributed by atoms with van der Waals surface area (Å²) in [5.41, 5.74) is 5.45. The third kappa shape index (κ3) is 2.68. The van der Waals surface area contributed by atoms with E-state index in [-0.39, 0.29) is 5.78 Å². The predicted molar refractivity (Wildman–Crippen MR) is 83.5 cm³/mol. The van der Waals surface area contributed by atoms with Gasteiger partial charge in [-0.25, -0.2) is 0 Å². The number of fused-ring (bicyclic) bond motifs is 1. The Morgan fingerprint density at radius 2 is 1.86 bits per heavy atom. The Bertz CT molecular complexity index is 819. The van der Waals surface area contributed by atoms with Gasteiger partial charge in [-0.1, -0.05) is 29.8 Å². The van der Waals surface area contributed by atoms with E-state index in [0.29, 0.717) is 17.5 Å². The summed E-state index contributed by atoms with van der Waals surface area (Å²) in [5, 5.41) is 0. The Balaban J connectivity index is 1.99. The Labute approximate surface area is 123 Å². The zero-order valence-electron chi connectivity index (χ0n) is 12.1. The maximum absolute atomic E-state index is 12.6. The summed E-state index contributed by atoms with van der Waals surface area (Å²) < 4.78 is 0. The molecule has 0 amide bonds. The standard InChI is InChI=1S/C18H16N2O/c1-12-6-7-13(2)14(10-12)11-17(21)15-4-3-5-16-18(15)20-9-8-19-16/h3-10H,11H2,1-2H3. The molecule has 1 heterocycles. The Hall–Kier alpha value is -2.55. The first-order valence-electron chi connectivity index (χ1n) is 6.94. The second kappa shape index (κ2) is 5.44. The molecule has 3 heteroatoms. The monoisotopic (exact) mass is 276 g/mol. The first-order chi connectivity index (χ1) is 10.1. The van der Waals surface area contributed by atoms with E-state index in [1.165, 1.54) is 5.56 Å². The highest BCUT2D eigenvalue weighted by atomic mass is 16.1. The number of nitrogens with zero attached hydrogens (tertiary/aromatic N) is 2. The van der Waals surface area contributed by atoms with Crippen LogP contribution >= 0.6 is 0 Å². The van der Waals surface area contributed by atoms with Gasteiger partial charge in [0.25, 0.3) is 0 Å². The van der Waals surface area contributed by atoms with Crippen molar-refractivity contribution in [2.24, 2.45) is 0 Å². The number of aryl methyl sites for hydroxylation is 2. The van der Waals surface area contributed by atoms with Crippen molar-refractivity contribution in [1.82, 2.24) is 9.97 Å².